The summed E-state index contributed by atoms with van der Waals surface area (Å²) in [7, 11) is -3.71. The van der Waals surface area contributed by atoms with E-state index in [-0.39, 0.29) is 17.5 Å². The van der Waals surface area contributed by atoms with Gasteiger partial charge in [0.2, 0.25) is 10.0 Å². The van der Waals surface area contributed by atoms with Crippen LogP contribution in [0.15, 0.2) is 96.2 Å². The second kappa shape index (κ2) is 11.3. The van der Waals surface area contributed by atoms with Crippen LogP contribution in [0.5, 0.6) is 0 Å². The first kappa shape index (κ1) is 27.4. The number of pyridine rings is 1. The van der Waals surface area contributed by atoms with Crippen LogP contribution in [-0.4, -0.2) is 52.4 Å². The van der Waals surface area contributed by atoms with Crippen LogP contribution in [0.25, 0.3) is 33.3 Å². The van der Waals surface area contributed by atoms with Crippen molar-refractivity contribution >= 4 is 32.7 Å². The van der Waals surface area contributed by atoms with Gasteiger partial charge in [-0.1, -0.05) is 66.7 Å². The van der Waals surface area contributed by atoms with Gasteiger partial charge in [-0.15, -0.1) is 0 Å². The van der Waals surface area contributed by atoms with E-state index in [0.717, 1.165) is 46.0 Å². The van der Waals surface area contributed by atoms with Gasteiger partial charge in [0.15, 0.2) is 0 Å². The SMILES string of the molecule is Nc1cncc2c1c(-c1ccc(CNS(=O)(=O)c3ccc(-c4ccccc4)cc3)cc1)nn2[C@@H]1CCCN(C(=O)O)C1. The summed E-state index contributed by atoms with van der Waals surface area (Å²) < 4.78 is 30.4. The van der Waals surface area contributed by atoms with Gasteiger partial charge in [0.05, 0.1) is 39.9 Å². The van der Waals surface area contributed by atoms with Crippen molar-refractivity contribution in [2.24, 2.45) is 0 Å². The number of nitrogen functional groups attached to an aromatic ring is 1. The fraction of sp³-hybridized carbons (Fsp3) is 0.194. The number of likely N-dealkylation sites (tertiary alicyclic amines) is 1. The van der Waals surface area contributed by atoms with E-state index in [1.54, 1.807) is 36.7 Å². The van der Waals surface area contributed by atoms with E-state index < -0.39 is 16.1 Å². The number of carboxylic acid groups (broad SMARTS) is 1. The quantitative estimate of drug-likeness (QED) is 0.241. The van der Waals surface area contributed by atoms with Gasteiger partial charge in [0.1, 0.15) is 5.69 Å². The molecule has 0 aliphatic carbocycles. The third-order valence-corrected chi connectivity index (χ3v) is 9.04. The van der Waals surface area contributed by atoms with Crippen molar-refractivity contribution in [1.29, 1.82) is 0 Å². The molecule has 2 aromatic heterocycles. The minimum atomic E-state index is -3.71. The molecule has 0 unspecified atom stereocenters. The van der Waals surface area contributed by atoms with Gasteiger partial charge in [0.25, 0.3) is 0 Å². The van der Waals surface area contributed by atoms with E-state index in [1.807, 2.05) is 59.3 Å². The molecule has 1 aliphatic heterocycles. The van der Waals surface area contributed by atoms with Crippen LogP contribution in [0.2, 0.25) is 0 Å². The number of sulfonamides is 1. The van der Waals surface area contributed by atoms with Crippen LogP contribution in [0.3, 0.4) is 0 Å². The summed E-state index contributed by atoms with van der Waals surface area (Å²) in [6.07, 6.45) is 3.88. The Morgan fingerprint density at radius 2 is 1.64 bits per heavy atom. The number of piperidine rings is 1. The first-order valence-corrected chi connectivity index (χ1v) is 15.1. The van der Waals surface area contributed by atoms with E-state index in [4.69, 9.17) is 10.8 Å². The molecule has 0 spiro atoms. The number of amides is 1. The van der Waals surface area contributed by atoms with Crippen LogP contribution < -0.4 is 10.5 Å². The molecule has 0 radical (unpaired) electrons. The third-order valence-electron chi connectivity index (χ3n) is 7.62. The van der Waals surface area contributed by atoms with E-state index in [1.165, 1.54) is 4.90 Å². The number of hydrogen-bond donors (Lipinski definition) is 3. The van der Waals surface area contributed by atoms with Crippen LogP contribution in [0.4, 0.5) is 10.5 Å². The lowest BCUT2D eigenvalue weighted by Gasteiger charge is -2.31. The Hall–Kier alpha value is -4.74. The molecule has 0 bridgehead atoms. The van der Waals surface area contributed by atoms with E-state index in [9.17, 15) is 18.3 Å². The number of hydrogen-bond acceptors (Lipinski definition) is 6. The van der Waals surface area contributed by atoms with E-state index >= 15 is 0 Å². The molecule has 1 saturated heterocycles. The number of nitrogens with two attached hydrogens (primary N) is 1. The lowest BCUT2D eigenvalue weighted by Crippen LogP contribution is -2.40. The highest BCUT2D eigenvalue weighted by atomic mass is 32.2. The topological polar surface area (TPSA) is 143 Å². The van der Waals surface area contributed by atoms with Crippen LogP contribution in [-0.2, 0) is 16.6 Å². The molecule has 0 saturated carbocycles. The second-order valence-corrected chi connectivity index (χ2v) is 12.1. The zero-order valence-electron chi connectivity index (χ0n) is 22.7. The first-order chi connectivity index (χ1) is 20.3. The molecule has 1 aliphatic rings. The molecule has 1 fully saturated rings. The molecule has 10 nitrogen and oxygen atoms in total. The average Bonchev–Trinajstić information content (AvgIpc) is 3.42. The maximum atomic E-state index is 13.0. The van der Waals surface area contributed by atoms with Crippen molar-refractivity contribution in [2.75, 3.05) is 18.8 Å². The minimum absolute atomic E-state index is 0.122. The van der Waals surface area contributed by atoms with Crippen molar-refractivity contribution in [3.63, 3.8) is 0 Å². The molecule has 3 heterocycles. The summed E-state index contributed by atoms with van der Waals surface area (Å²) in [5.74, 6) is 0. The molecule has 42 heavy (non-hydrogen) atoms. The number of rotatable bonds is 7. The second-order valence-electron chi connectivity index (χ2n) is 10.4. The van der Waals surface area contributed by atoms with Crippen molar-refractivity contribution < 1.29 is 18.3 Å². The molecule has 5 aromatic rings. The Morgan fingerprint density at radius 1 is 0.952 bits per heavy atom. The number of carbonyl (C=O) groups is 1. The number of nitrogens with one attached hydrogen (secondary N) is 1. The number of nitrogens with zero attached hydrogens (tertiary/aromatic N) is 4. The third kappa shape index (κ3) is 5.44. The molecular formula is C31H30N6O4S. The molecule has 1 atom stereocenters. The highest BCUT2D eigenvalue weighted by Gasteiger charge is 2.28. The molecule has 4 N–H and O–H groups in total. The average molecular weight is 583 g/mol. The highest BCUT2D eigenvalue weighted by molar-refractivity contribution is 7.89. The zero-order valence-corrected chi connectivity index (χ0v) is 23.5. The Balaban J connectivity index is 1.20. The number of fused-ring (bicyclic) bond motifs is 1. The monoisotopic (exact) mass is 582 g/mol. The van der Waals surface area contributed by atoms with Gasteiger partial charge in [-0.05, 0) is 41.7 Å². The number of benzene rings is 3. The van der Waals surface area contributed by atoms with E-state index in [0.29, 0.717) is 24.5 Å². The van der Waals surface area contributed by atoms with Gasteiger partial charge in [-0.3, -0.25) is 9.67 Å². The van der Waals surface area contributed by atoms with Crippen molar-refractivity contribution in [3.05, 3.63) is 96.8 Å². The smallest absolute Gasteiger partial charge is 0.407 e. The summed E-state index contributed by atoms with van der Waals surface area (Å²) in [6, 6.07) is 23.9. The predicted octanol–water partition coefficient (Wildman–Crippen LogP) is 5.14. The van der Waals surface area contributed by atoms with Crippen LogP contribution >= 0.6 is 0 Å². The minimum Gasteiger partial charge on any atom is -0.465 e. The Morgan fingerprint density at radius 3 is 2.36 bits per heavy atom. The van der Waals surface area contributed by atoms with Crippen LogP contribution in [0, 0.1) is 0 Å². The standard InChI is InChI=1S/C31H30N6O4S/c32-27-18-33-19-28-29(27)30(35-37(28)25-7-4-16-36(20-25)31(38)39)24-10-8-21(9-11-24)17-34-42(40,41)26-14-12-23(13-15-26)22-5-2-1-3-6-22/h1-3,5-6,8-15,18-19,25,34H,4,7,16-17,20,32H2,(H,38,39)/t25-/m1/s1. The maximum Gasteiger partial charge on any atom is 0.407 e. The Bertz CT molecular complexity index is 1840. The van der Waals surface area contributed by atoms with Gasteiger partial charge < -0.3 is 15.7 Å². The van der Waals surface area contributed by atoms with Gasteiger partial charge in [-0.2, -0.15) is 5.10 Å². The fourth-order valence-electron chi connectivity index (χ4n) is 5.42. The molecule has 1 amide bonds. The summed E-state index contributed by atoms with van der Waals surface area (Å²) in [5, 5.41) is 15.1. The summed E-state index contributed by atoms with van der Waals surface area (Å²) in [4.78, 5) is 17.5. The lowest BCUT2D eigenvalue weighted by atomic mass is 10.1. The lowest BCUT2D eigenvalue weighted by molar-refractivity contribution is 0.120. The van der Waals surface area contributed by atoms with Crippen molar-refractivity contribution in [2.45, 2.75) is 30.3 Å². The van der Waals surface area contributed by atoms with Crippen molar-refractivity contribution in [1.82, 2.24) is 24.4 Å². The molecule has 6 rings (SSSR count). The number of anilines is 1. The first-order valence-electron chi connectivity index (χ1n) is 13.6. The van der Waals surface area contributed by atoms with Crippen LogP contribution in [0.1, 0.15) is 24.4 Å². The summed E-state index contributed by atoms with van der Waals surface area (Å²) in [6.45, 7) is 0.967. The fourth-order valence-corrected chi connectivity index (χ4v) is 6.43. The Kier molecular flexibility index (Phi) is 7.36. The van der Waals surface area contributed by atoms with Gasteiger partial charge in [0, 0.05) is 25.2 Å². The largest absolute Gasteiger partial charge is 0.465 e. The summed E-state index contributed by atoms with van der Waals surface area (Å²) >= 11 is 0. The molecule has 214 valence electrons. The zero-order chi connectivity index (χ0) is 29.3. The highest BCUT2D eigenvalue weighted by Crippen LogP contribution is 2.35. The molecule has 11 heteroatoms. The van der Waals surface area contributed by atoms with Gasteiger partial charge in [-0.25, -0.2) is 17.9 Å². The van der Waals surface area contributed by atoms with Gasteiger partial charge >= 0.3 is 6.09 Å². The molecular weight excluding hydrogens is 552 g/mol. The van der Waals surface area contributed by atoms with Crippen molar-refractivity contribution in [3.8, 4) is 22.4 Å². The predicted molar refractivity (Wildman–Crippen MR) is 161 cm³/mol. The summed E-state index contributed by atoms with van der Waals surface area (Å²) in [5.41, 5.74) is 11.8. The molecule has 3 aromatic carbocycles. The number of aromatic nitrogens is 3. The maximum absolute atomic E-state index is 13.0. The Labute approximate surface area is 243 Å². The van der Waals surface area contributed by atoms with E-state index in [2.05, 4.69) is 9.71 Å². The normalized spacial score (nSPS) is 15.6.